The molecule has 1 amide bonds. The summed E-state index contributed by atoms with van der Waals surface area (Å²) in [5, 5.41) is 3.22. The molecule has 0 spiro atoms. The van der Waals surface area contributed by atoms with Crippen LogP contribution in [0.4, 0.5) is 5.69 Å². The Labute approximate surface area is 198 Å². The van der Waals surface area contributed by atoms with Crippen LogP contribution in [0, 0.1) is 5.92 Å². The number of carbonyl (C=O) groups excluding carboxylic acids is 1. The quantitative estimate of drug-likeness (QED) is 0.612. The van der Waals surface area contributed by atoms with Crippen molar-refractivity contribution in [2.75, 3.05) is 18.4 Å². The molecule has 178 valence electrons. The monoisotopic (exact) mass is 468 g/mol. The second kappa shape index (κ2) is 9.59. The van der Waals surface area contributed by atoms with Gasteiger partial charge in [0.05, 0.1) is 4.90 Å². The molecule has 1 N–H and O–H groups in total. The fourth-order valence-corrected chi connectivity index (χ4v) is 6.66. The summed E-state index contributed by atoms with van der Waals surface area (Å²) >= 11 is 0. The lowest BCUT2D eigenvalue weighted by atomic mass is 9.91. The first kappa shape index (κ1) is 24.0. The zero-order valence-corrected chi connectivity index (χ0v) is 21.0. The Kier molecular flexibility index (Phi) is 6.96. The van der Waals surface area contributed by atoms with Crippen molar-refractivity contribution in [2.45, 2.75) is 76.5 Å². The van der Waals surface area contributed by atoms with E-state index in [0.29, 0.717) is 42.7 Å². The maximum Gasteiger partial charge on any atom is 0.243 e. The fourth-order valence-electron chi connectivity index (χ4n) is 5.14. The molecule has 0 atom stereocenters. The first-order chi connectivity index (χ1) is 15.7. The van der Waals surface area contributed by atoms with Crippen LogP contribution in [-0.2, 0) is 27.7 Å². The van der Waals surface area contributed by atoms with Crippen molar-refractivity contribution in [1.82, 2.24) is 4.31 Å². The molecule has 33 heavy (non-hydrogen) atoms. The van der Waals surface area contributed by atoms with Crippen LogP contribution in [-0.4, -0.2) is 31.7 Å². The molecule has 1 aliphatic carbocycles. The molecule has 0 radical (unpaired) electrons. The summed E-state index contributed by atoms with van der Waals surface area (Å²) in [4.78, 5) is 13.6. The highest BCUT2D eigenvalue weighted by Gasteiger charge is 2.33. The highest BCUT2D eigenvalue weighted by atomic mass is 32.2. The number of aryl methyl sites for hydroxylation is 2. The molecule has 0 unspecified atom stereocenters. The topological polar surface area (TPSA) is 66.5 Å². The summed E-state index contributed by atoms with van der Waals surface area (Å²) in [5.74, 6) is 0.424. The minimum Gasteiger partial charge on any atom is -0.325 e. The molecule has 5 nitrogen and oxygen atoms in total. The van der Waals surface area contributed by atoms with Gasteiger partial charge >= 0.3 is 0 Å². The molecule has 4 rings (SSSR count). The molecule has 2 aliphatic rings. The number of benzene rings is 2. The van der Waals surface area contributed by atoms with Crippen molar-refractivity contribution < 1.29 is 13.2 Å². The normalized spacial score (nSPS) is 17.5. The molecule has 1 saturated heterocycles. The van der Waals surface area contributed by atoms with E-state index in [-0.39, 0.29) is 11.8 Å². The molecule has 0 aromatic heterocycles. The molecule has 1 fully saturated rings. The number of hydrogen-bond donors (Lipinski definition) is 1. The van der Waals surface area contributed by atoms with Crippen molar-refractivity contribution in [3.05, 3.63) is 58.7 Å². The van der Waals surface area contributed by atoms with Gasteiger partial charge in [-0.15, -0.1) is 0 Å². The zero-order chi connectivity index (χ0) is 23.8. The standard InChI is InChI=1S/C27H36N2O3S/c1-18(2)24-9-6-10-25(19(3)4)26(24)28-27(30)21-13-15-29(16-14-21)33(31,32)23-12-11-20-7-5-8-22(20)17-23/h6,9-12,17-19,21H,5,7-8,13-16H2,1-4H3,(H,28,30). The molecule has 2 aromatic carbocycles. The zero-order valence-electron chi connectivity index (χ0n) is 20.2. The maximum absolute atomic E-state index is 13.2. The summed E-state index contributed by atoms with van der Waals surface area (Å²) in [5.41, 5.74) is 5.65. The number of sulfonamides is 1. The summed E-state index contributed by atoms with van der Waals surface area (Å²) in [6, 6.07) is 11.8. The predicted molar refractivity (Wildman–Crippen MR) is 133 cm³/mol. The first-order valence-corrected chi connectivity index (χ1v) is 13.7. The Morgan fingerprint density at radius 2 is 1.55 bits per heavy atom. The van der Waals surface area contributed by atoms with Crippen LogP contribution in [0.2, 0.25) is 0 Å². The minimum absolute atomic E-state index is 0.000390. The van der Waals surface area contributed by atoms with Crippen molar-refractivity contribution in [2.24, 2.45) is 5.92 Å². The fraction of sp³-hybridized carbons (Fsp3) is 0.519. The Morgan fingerprint density at radius 3 is 2.15 bits per heavy atom. The summed E-state index contributed by atoms with van der Waals surface area (Å²) in [6.07, 6.45) is 4.16. The number of hydrogen-bond acceptors (Lipinski definition) is 3. The van der Waals surface area contributed by atoms with Crippen LogP contribution in [0.25, 0.3) is 0 Å². The summed E-state index contributed by atoms with van der Waals surface area (Å²) < 4.78 is 28.0. The highest BCUT2D eigenvalue weighted by molar-refractivity contribution is 7.89. The summed E-state index contributed by atoms with van der Waals surface area (Å²) in [7, 11) is -3.53. The third-order valence-corrected chi connectivity index (χ3v) is 9.05. The number of piperidine rings is 1. The lowest BCUT2D eigenvalue weighted by Crippen LogP contribution is -2.41. The number of anilines is 1. The van der Waals surface area contributed by atoms with E-state index in [2.05, 4.69) is 51.2 Å². The molecule has 2 aromatic rings. The Balaban J connectivity index is 1.45. The number of nitrogens with one attached hydrogen (secondary N) is 1. The van der Waals surface area contributed by atoms with Gasteiger partial charge in [-0.1, -0.05) is 52.0 Å². The van der Waals surface area contributed by atoms with E-state index in [4.69, 9.17) is 0 Å². The van der Waals surface area contributed by atoms with Crippen molar-refractivity contribution in [3.63, 3.8) is 0 Å². The van der Waals surface area contributed by atoms with Crippen LogP contribution in [0.3, 0.4) is 0 Å². The predicted octanol–water partition coefficient (Wildman–Crippen LogP) is 5.46. The van der Waals surface area contributed by atoms with E-state index in [9.17, 15) is 13.2 Å². The van der Waals surface area contributed by atoms with Crippen LogP contribution < -0.4 is 5.32 Å². The Morgan fingerprint density at radius 1 is 0.939 bits per heavy atom. The van der Waals surface area contributed by atoms with Crippen LogP contribution in [0.15, 0.2) is 41.3 Å². The van der Waals surface area contributed by atoms with E-state index in [1.54, 1.807) is 10.4 Å². The second-order valence-electron chi connectivity index (χ2n) is 10.1. The molecule has 0 bridgehead atoms. The van der Waals surface area contributed by atoms with Gasteiger partial charge in [0.2, 0.25) is 15.9 Å². The van der Waals surface area contributed by atoms with Gasteiger partial charge in [0.1, 0.15) is 0 Å². The van der Waals surface area contributed by atoms with E-state index in [1.165, 1.54) is 5.56 Å². The first-order valence-electron chi connectivity index (χ1n) is 12.2. The number of para-hydroxylation sites is 1. The van der Waals surface area contributed by atoms with Crippen LogP contribution in [0.1, 0.15) is 81.0 Å². The van der Waals surface area contributed by atoms with Gasteiger partial charge in [0.15, 0.2) is 0 Å². The summed E-state index contributed by atoms with van der Waals surface area (Å²) in [6.45, 7) is 9.30. The van der Waals surface area contributed by atoms with Gasteiger partial charge in [0.25, 0.3) is 0 Å². The molecule has 0 saturated carbocycles. The third kappa shape index (κ3) is 4.87. The highest BCUT2D eigenvalue weighted by Crippen LogP contribution is 2.34. The van der Waals surface area contributed by atoms with Crippen LogP contribution >= 0.6 is 0 Å². The molecule has 1 aliphatic heterocycles. The van der Waals surface area contributed by atoms with E-state index in [1.807, 2.05) is 12.1 Å². The molecule has 1 heterocycles. The lowest BCUT2D eigenvalue weighted by Gasteiger charge is -2.31. The van der Waals surface area contributed by atoms with Crippen molar-refractivity contribution in [1.29, 1.82) is 0 Å². The lowest BCUT2D eigenvalue weighted by molar-refractivity contribution is -0.120. The number of nitrogens with zero attached hydrogens (tertiary/aromatic N) is 1. The largest absolute Gasteiger partial charge is 0.325 e. The van der Waals surface area contributed by atoms with Gasteiger partial charge < -0.3 is 5.32 Å². The Hall–Kier alpha value is -2.18. The average Bonchev–Trinajstić information content (AvgIpc) is 3.27. The average molecular weight is 469 g/mol. The van der Waals surface area contributed by atoms with E-state index < -0.39 is 10.0 Å². The maximum atomic E-state index is 13.2. The third-order valence-electron chi connectivity index (χ3n) is 7.15. The second-order valence-corrected chi connectivity index (χ2v) is 12.0. The number of carbonyl (C=O) groups is 1. The van der Waals surface area contributed by atoms with Gasteiger partial charge in [0, 0.05) is 24.7 Å². The molecular formula is C27H36N2O3S. The van der Waals surface area contributed by atoms with Gasteiger partial charge in [-0.2, -0.15) is 4.31 Å². The van der Waals surface area contributed by atoms with E-state index in [0.717, 1.165) is 41.6 Å². The number of rotatable bonds is 6. The molecule has 6 heteroatoms. The Bertz CT molecular complexity index is 1100. The van der Waals surface area contributed by atoms with Crippen molar-refractivity contribution in [3.8, 4) is 0 Å². The number of amides is 1. The van der Waals surface area contributed by atoms with Crippen molar-refractivity contribution >= 4 is 21.6 Å². The minimum atomic E-state index is -3.53. The van der Waals surface area contributed by atoms with Gasteiger partial charge in [-0.3, -0.25) is 4.79 Å². The SMILES string of the molecule is CC(C)c1cccc(C(C)C)c1NC(=O)C1CCN(S(=O)(=O)c2ccc3c(c2)CCC3)CC1. The smallest absolute Gasteiger partial charge is 0.243 e. The van der Waals surface area contributed by atoms with Gasteiger partial charge in [-0.25, -0.2) is 8.42 Å². The van der Waals surface area contributed by atoms with Crippen LogP contribution in [0.5, 0.6) is 0 Å². The van der Waals surface area contributed by atoms with Gasteiger partial charge in [-0.05, 0) is 78.3 Å². The van der Waals surface area contributed by atoms with E-state index >= 15 is 0 Å². The molecular weight excluding hydrogens is 432 g/mol. The number of fused-ring (bicyclic) bond motifs is 1.